The van der Waals surface area contributed by atoms with Crippen molar-refractivity contribution in [3.8, 4) is 0 Å². The van der Waals surface area contributed by atoms with Crippen molar-refractivity contribution < 1.29 is 18.9 Å². The zero-order valence-electron chi connectivity index (χ0n) is 13.1. The molecule has 0 bridgehead atoms. The minimum Gasteiger partial charge on any atom is -0.446 e. The lowest BCUT2D eigenvalue weighted by molar-refractivity contribution is -0.229. The number of hydrogen-bond acceptors (Lipinski definition) is 8. The molecular weight excluding hydrogens is 360 g/mol. The van der Waals surface area contributed by atoms with E-state index < -0.39 is 11.6 Å². The van der Waals surface area contributed by atoms with E-state index in [2.05, 4.69) is 0 Å². The Kier molecular flexibility index (Phi) is 7.04. The van der Waals surface area contributed by atoms with Crippen LogP contribution in [0.25, 0.3) is 0 Å². The van der Waals surface area contributed by atoms with Gasteiger partial charge >= 0.3 is 0 Å². The molecule has 0 unspecified atom stereocenters. The highest BCUT2D eigenvalue weighted by Gasteiger charge is 2.49. The van der Waals surface area contributed by atoms with E-state index in [-0.39, 0.29) is 0 Å². The fraction of sp³-hybridized carbons (Fsp3) is 0.714. The largest absolute Gasteiger partial charge is 0.446 e. The van der Waals surface area contributed by atoms with Gasteiger partial charge in [0.25, 0.3) is 11.6 Å². The first kappa shape index (κ1) is 19.6. The molecule has 0 aromatic heterocycles. The standard InChI is InChI=1S/C14H20O4S4/c1-9(19)15-13(16-10(2)20)5-7-14(8-6-13,17-11(3)21)18-12(4)22/h5-8H2,1-4H3. The quantitative estimate of drug-likeness (QED) is 0.524. The number of thiocarbonyl (C=S) groups is 4. The van der Waals surface area contributed by atoms with Gasteiger partial charge in [-0.3, -0.25) is 0 Å². The first-order valence-electron chi connectivity index (χ1n) is 6.86. The fourth-order valence-electron chi connectivity index (χ4n) is 2.51. The Bertz CT molecular complexity index is 401. The lowest BCUT2D eigenvalue weighted by atomic mass is 9.88. The highest BCUT2D eigenvalue weighted by atomic mass is 32.1. The molecule has 0 N–H and O–H groups in total. The number of hydrogen-bond donors (Lipinski definition) is 0. The second kappa shape index (κ2) is 7.90. The van der Waals surface area contributed by atoms with E-state index in [9.17, 15) is 0 Å². The molecule has 0 aromatic carbocycles. The summed E-state index contributed by atoms with van der Waals surface area (Å²) in [5, 5.41) is 1.62. The first-order chi connectivity index (χ1) is 10.1. The molecule has 0 atom stereocenters. The van der Waals surface area contributed by atoms with Crippen LogP contribution in [0.3, 0.4) is 0 Å². The molecule has 0 heterocycles. The topological polar surface area (TPSA) is 36.9 Å². The predicted molar refractivity (Wildman–Crippen MR) is 101 cm³/mol. The summed E-state index contributed by atoms with van der Waals surface area (Å²) in [5.74, 6) is -1.75. The molecule has 0 aromatic rings. The summed E-state index contributed by atoms with van der Waals surface area (Å²) in [6.07, 6.45) is 2.00. The van der Waals surface area contributed by atoms with Crippen LogP contribution in [0, 0.1) is 0 Å². The van der Waals surface area contributed by atoms with Gasteiger partial charge in [0.2, 0.25) is 0 Å². The summed E-state index contributed by atoms with van der Waals surface area (Å²) < 4.78 is 23.0. The van der Waals surface area contributed by atoms with Gasteiger partial charge in [-0.05, 0) is 48.9 Å². The van der Waals surface area contributed by atoms with Gasteiger partial charge in [-0.15, -0.1) is 0 Å². The minimum absolute atomic E-state index is 0.405. The highest BCUT2D eigenvalue weighted by Crippen LogP contribution is 2.41. The van der Waals surface area contributed by atoms with Crippen molar-refractivity contribution in [2.24, 2.45) is 0 Å². The van der Waals surface area contributed by atoms with Gasteiger partial charge in [-0.25, -0.2) is 0 Å². The maximum atomic E-state index is 5.74. The molecule has 8 heteroatoms. The van der Waals surface area contributed by atoms with Crippen molar-refractivity contribution in [3.05, 3.63) is 0 Å². The Balaban J connectivity index is 2.92. The molecule has 0 amide bonds. The third-order valence-electron chi connectivity index (χ3n) is 3.09. The van der Waals surface area contributed by atoms with Crippen LogP contribution in [0.4, 0.5) is 0 Å². The van der Waals surface area contributed by atoms with E-state index in [0.29, 0.717) is 45.9 Å². The Hall–Kier alpha value is -0.440. The van der Waals surface area contributed by atoms with E-state index in [4.69, 9.17) is 67.8 Å². The zero-order chi connectivity index (χ0) is 17.0. The summed E-state index contributed by atoms with van der Waals surface area (Å²) in [4.78, 5) is 0. The van der Waals surface area contributed by atoms with Gasteiger partial charge in [0.05, 0.1) is 0 Å². The van der Waals surface area contributed by atoms with Gasteiger partial charge in [0.1, 0.15) is 0 Å². The Morgan fingerprint density at radius 3 is 0.864 bits per heavy atom. The van der Waals surface area contributed by atoms with Crippen molar-refractivity contribution >= 4 is 69.1 Å². The van der Waals surface area contributed by atoms with Gasteiger partial charge < -0.3 is 18.9 Å². The molecule has 1 fully saturated rings. The average Bonchev–Trinajstić information content (AvgIpc) is 2.30. The SMILES string of the molecule is CC(=S)OC1(OC(C)=S)CCC(OC(C)=S)(OC(C)=S)CC1. The van der Waals surface area contributed by atoms with Crippen LogP contribution in [-0.4, -0.2) is 31.8 Å². The lowest BCUT2D eigenvalue weighted by Crippen LogP contribution is -2.50. The molecular formula is C14H20O4S4. The van der Waals surface area contributed by atoms with Crippen LogP contribution in [0.1, 0.15) is 53.4 Å². The van der Waals surface area contributed by atoms with Crippen LogP contribution in [-0.2, 0) is 18.9 Å². The maximum Gasteiger partial charge on any atom is 0.253 e. The van der Waals surface area contributed by atoms with Crippen LogP contribution in [0.2, 0.25) is 0 Å². The molecule has 22 heavy (non-hydrogen) atoms. The highest BCUT2D eigenvalue weighted by molar-refractivity contribution is 7.80. The van der Waals surface area contributed by atoms with Gasteiger partial charge in [-0.1, -0.05) is 0 Å². The second-order valence-corrected chi connectivity index (χ2v) is 7.50. The van der Waals surface area contributed by atoms with E-state index in [1.54, 1.807) is 27.7 Å². The maximum absolute atomic E-state index is 5.74. The molecule has 0 saturated heterocycles. The predicted octanol–water partition coefficient (Wildman–Crippen LogP) is 4.41. The monoisotopic (exact) mass is 380 g/mol. The van der Waals surface area contributed by atoms with Crippen LogP contribution in [0.15, 0.2) is 0 Å². The summed E-state index contributed by atoms with van der Waals surface area (Å²) in [5.41, 5.74) is 0. The minimum atomic E-state index is -0.876. The summed E-state index contributed by atoms with van der Waals surface area (Å²) in [6, 6.07) is 0. The van der Waals surface area contributed by atoms with Gasteiger partial charge in [0.15, 0.2) is 20.2 Å². The van der Waals surface area contributed by atoms with Crippen molar-refractivity contribution in [1.82, 2.24) is 0 Å². The van der Waals surface area contributed by atoms with Crippen molar-refractivity contribution in [2.75, 3.05) is 0 Å². The van der Waals surface area contributed by atoms with Crippen molar-refractivity contribution in [3.63, 3.8) is 0 Å². The van der Waals surface area contributed by atoms with Gasteiger partial charge in [-0.2, -0.15) is 0 Å². The zero-order valence-corrected chi connectivity index (χ0v) is 16.4. The summed E-state index contributed by atoms with van der Waals surface area (Å²) >= 11 is 20.2. The normalized spacial score (nSPS) is 18.7. The Labute approximate surface area is 152 Å². The molecule has 1 aliphatic rings. The molecule has 0 radical (unpaired) electrons. The van der Waals surface area contributed by atoms with Crippen LogP contribution < -0.4 is 0 Å². The second-order valence-electron chi connectivity index (χ2n) is 5.20. The van der Waals surface area contributed by atoms with E-state index in [1.165, 1.54) is 0 Å². The van der Waals surface area contributed by atoms with E-state index >= 15 is 0 Å². The molecule has 124 valence electrons. The Morgan fingerprint density at radius 2 is 0.727 bits per heavy atom. The smallest absolute Gasteiger partial charge is 0.253 e. The third kappa shape index (κ3) is 5.98. The third-order valence-corrected chi connectivity index (χ3v) is 3.43. The first-order valence-corrected chi connectivity index (χ1v) is 8.50. The number of ether oxygens (including phenoxy) is 4. The van der Waals surface area contributed by atoms with E-state index in [1.807, 2.05) is 0 Å². The molecule has 0 spiro atoms. The number of rotatable bonds is 4. The van der Waals surface area contributed by atoms with Crippen molar-refractivity contribution in [1.29, 1.82) is 0 Å². The molecule has 1 rings (SSSR count). The van der Waals surface area contributed by atoms with Crippen molar-refractivity contribution in [2.45, 2.75) is 65.0 Å². The molecule has 0 aliphatic heterocycles. The molecule has 1 aliphatic carbocycles. The molecule has 4 nitrogen and oxygen atoms in total. The van der Waals surface area contributed by atoms with Gasteiger partial charge in [0, 0.05) is 53.4 Å². The van der Waals surface area contributed by atoms with E-state index in [0.717, 1.165) is 0 Å². The summed E-state index contributed by atoms with van der Waals surface area (Å²) in [7, 11) is 0. The van der Waals surface area contributed by atoms with Crippen LogP contribution in [0.5, 0.6) is 0 Å². The fourth-order valence-corrected chi connectivity index (χ4v) is 3.12. The average molecular weight is 381 g/mol. The Morgan fingerprint density at radius 1 is 0.545 bits per heavy atom. The van der Waals surface area contributed by atoms with Crippen LogP contribution >= 0.6 is 48.9 Å². The lowest BCUT2D eigenvalue weighted by Gasteiger charge is -2.44. The summed E-state index contributed by atoms with van der Waals surface area (Å²) in [6.45, 7) is 6.82. The molecule has 1 saturated carbocycles.